The van der Waals surface area contributed by atoms with Crippen molar-refractivity contribution in [2.24, 2.45) is 0 Å². The standard InChI is InChI=1S/C19H15Cl2N7O2/c20-11-2-1-3-12(21)16(11)28-9-30-17-10(18(28)29)6-24-19(27-17)26-15-8-23-13-4-5-22-7-14(13)25-15/h1-3,6,8,22H,4-5,7,9H2,(H,24,25,26,27). The summed E-state index contributed by atoms with van der Waals surface area (Å²) < 4.78 is 5.69. The number of amides is 1. The Kier molecular flexibility index (Phi) is 4.86. The molecule has 0 fully saturated rings. The van der Waals surface area contributed by atoms with Crippen molar-refractivity contribution in [2.75, 3.05) is 23.5 Å². The molecule has 30 heavy (non-hydrogen) atoms. The first-order valence-corrected chi connectivity index (χ1v) is 9.94. The first kappa shape index (κ1) is 19.0. The van der Waals surface area contributed by atoms with Crippen LogP contribution in [-0.2, 0) is 13.0 Å². The molecule has 2 aromatic heterocycles. The summed E-state index contributed by atoms with van der Waals surface area (Å²) >= 11 is 12.5. The molecule has 0 unspecified atom stereocenters. The minimum atomic E-state index is -0.350. The van der Waals surface area contributed by atoms with Gasteiger partial charge < -0.3 is 15.4 Å². The lowest BCUT2D eigenvalue weighted by Crippen LogP contribution is -2.39. The normalized spacial score (nSPS) is 15.3. The van der Waals surface area contributed by atoms with E-state index in [2.05, 4.69) is 30.6 Å². The second-order valence-corrected chi connectivity index (χ2v) is 7.50. The van der Waals surface area contributed by atoms with Crippen molar-refractivity contribution >= 4 is 46.6 Å². The van der Waals surface area contributed by atoms with Gasteiger partial charge in [0.15, 0.2) is 12.5 Å². The molecule has 1 amide bonds. The van der Waals surface area contributed by atoms with E-state index < -0.39 is 0 Å². The lowest BCUT2D eigenvalue weighted by Gasteiger charge is -2.29. The van der Waals surface area contributed by atoms with E-state index in [-0.39, 0.29) is 30.0 Å². The number of halogens is 2. The number of anilines is 3. The number of nitrogens with one attached hydrogen (secondary N) is 2. The summed E-state index contributed by atoms with van der Waals surface area (Å²) in [6.07, 6.45) is 3.89. The van der Waals surface area contributed by atoms with Gasteiger partial charge in [0, 0.05) is 25.7 Å². The Bertz CT molecular complexity index is 1140. The van der Waals surface area contributed by atoms with Crippen molar-refractivity contribution in [3.05, 3.63) is 57.6 Å². The van der Waals surface area contributed by atoms with Crippen LogP contribution in [-0.4, -0.2) is 39.1 Å². The number of nitrogens with zero attached hydrogens (tertiary/aromatic N) is 5. The molecule has 5 rings (SSSR count). The first-order chi connectivity index (χ1) is 14.6. The number of benzene rings is 1. The third kappa shape index (κ3) is 3.41. The first-order valence-electron chi connectivity index (χ1n) is 9.18. The average molecular weight is 444 g/mol. The molecule has 4 heterocycles. The maximum Gasteiger partial charge on any atom is 0.268 e. The van der Waals surface area contributed by atoms with Gasteiger partial charge in [0.05, 0.1) is 33.3 Å². The van der Waals surface area contributed by atoms with Crippen LogP contribution >= 0.6 is 23.2 Å². The van der Waals surface area contributed by atoms with Crippen LogP contribution in [0.25, 0.3) is 0 Å². The minimum Gasteiger partial charge on any atom is -0.455 e. The van der Waals surface area contributed by atoms with Gasteiger partial charge in [0.2, 0.25) is 11.8 Å². The van der Waals surface area contributed by atoms with Gasteiger partial charge in [-0.3, -0.25) is 14.7 Å². The van der Waals surface area contributed by atoms with Crippen LogP contribution in [0.1, 0.15) is 21.7 Å². The predicted molar refractivity (Wildman–Crippen MR) is 112 cm³/mol. The van der Waals surface area contributed by atoms with Gasteiger partial charge in [-0.1, -0.05) is 29.3 Å². The van der Waals surface area contributed by atoms with E-state index in [9.17, 15) is 4.79 Å². The van der Waals surface area contributed by atoms with Gasteiger partial charge in [-0.05, 0) is 12.1 Å². The largest absolute Gasteiger partial charge is 0.455 e. The van der Waals surface area contributed by atoms with Gasteiger partial charge in [0.25, 0.3) is 5.91 Å². The Balaban J connectivity index is 1.40. The van der Waals surface area contributed by atoms with Gasteiger partial charge in [-0.25, -0.2) is 9.97 Å². The summed E-state index contributed by atoms with van der Waals surface area (Å²) in [6, 6.07) is 5.02. The zero-order valence-corrected chi connectivity index (χ0v) is 17.0. The predicted octanol–water partition coefficient (Wildman–Crippen LogP) is 2.96. The van der Waals surface area contributed by atoms with E-state index in [4.69, 9.17) is 27.9 Å². The molecule has 0 saturated carbocycles. The molecular weight excluding hydrogens is 429 g/mol. The van der Waals surface area contributed by atoms with Gasteiger partial charge in [-0.15, -0.1) is 0 Å². The number of rotatable bonds is 3. The fourth-order valence-corrected chi connectivity index (χ4v) is 3.92. The zero-order chi connectivity index (χ0) is 20.7. The zero-order valence-electron chi connectivity index (χ0n) is 15.5. The highest BCUT2D eigenvalue weighted by Gasteiger charge is 2.31. The van der Waals surface area contributed by atoms with E-state index in [1.165, 1.54) is 11.1 Å². The van der Waals surface area contributed by atoms with E-state index >= 15 is 0 Å². The Morgan fingerprint density at radius 3 is 2.77 bits per heavy atom. The number of carbonyl (C=O) groups excluding carboxylic acids is 1. The number of hydrogen-bond donors (Lipinski definition) is 2. The van der Waals surface area contributed by atoms with Crippen molar-refractivity contribution in [1.82, 2.24) is 25.3 Å². The van der Waals surface area contributed by atoms with Crippen LogP contribution in [0.3, 0.4) is 0 Å². The summed E-state index contributed by atoms with van der Waals surface area (Å²) in [5.41, 5.74) is 2.47. The third-order valence-electron chi connectivity index (χ3n) is 4.77. The number of hydrogen-bond acceptors (Lipinski definition) is 8. The second kappa shape index (κ2) is 7.67. The van der Waals surface area contributed by atoms with Crippen molar-refractivity contribution in [1.29, 1.82) is 0 Å². The molecule has 1 aromatic carbocycles. The van der Waals surface area contributed by atoms with E-state index in [1.807, 2.05) is 0 Å². The maximum atomic E-state index is 13.0. The third-order valence-corrected chi connectivity index (χ3v) is 5.38. The minimum absolute atomic E-state index is 0.0734. The number of fused-ring (bicyclic) bond motifs is 2. The number of aromatic nitrogens is 4. The Morgan fingerprint density at radius 2 is 1.93 bits per heavy atom. The molecule has 2 aliphatic heterocycles. The van der Waals surface area contributed by atoms with Crippen LogP contribution in [0.4, 0.5) is 17.5 Å². The highest BCUT2D eigenvalue weighted by atomic mass is 35.5. The summed E-state index contributed by atoms with van der Waals surface area (Å²) in [5.74, 6) is 0.592. The van der Waals surface area contributed by atoms with Gasteiger partial charge in [0.1, 0.15) is 5.56 Å². The van der Waals surface area contributed by atoms with E-state index in [0.717, 1.165) is 24.4 Å². The number of para-hydroxylation sites is 1. The monoisotopic (exact) mass is 443 g/mol. The summed E-state index contributed by atoms with van der Waals surface area (Å²) in [7, 11) is 0. The number of carbonyl (C=O) groups is 1. The van der Waals surface area contributed by atoms with E-state index in [0.29, 0.717) is 28.1 Å². The topological polar surface area (TPSA) is 105 Å². The van der Waals surface area contributed by atoms with E-state index in [1.54, 1.807) is 24.4 Å². The van der Waals surface area contributed by atoms with Crippen LogP contribution in [0.2, 0.25) is 10.0 Å². The molecule has 11 heteroatoms. The Labute approximate surface area is 181 Å². The summed E-state index contributed by atoms with van der Waals surface area (Å²) in [5, 5.41) is 6.97. The number of ether oxygens (including phenoxy) is 1. The molecule has 0 spiro atoms. The molecule has 0 radical (unpaired) electrons. The molecular formula is C19H15Cl2N7O2. The van der Waals surface area contributed by atoms with Crippen LogP contribution in [0.5, 0.6) is 5.88 Å². The van der Waals surface area contributed by atoms with Gasteiger partial charge >= 0.3 is 0 Å². The van der Waals surface area contributed by atoms with Crippen molar-refractivity contribution < 1.29 is 9.53 Å². The van der Waals surface area contributed by atoms with Gasteiger partial charge in [-0.2, -0.15) is 4.98 Å². The average Bonchev–Trinajstić information content (AvgIpc) is 2.75. The van der Waals surface area contributed by atoms with Crippen LogP contribution in [0.15, 0.2) is 30.6 Å². The Morgan fingerprint density at radius 1 is 1.10 bits per heavy atom. The van der Waals surface area contributed by atoms with Crippen molar-refractivity contribution in [2.45, 2.75) is 13.0 Å². The molecule has 9 nitrogen and oxygen atoms in total. The maximum absolute atomic E-state index is 13.0. The molecule has 0 saturated heterocycles. The molecule has 152 valence electrons. The van der Waals surface area contributed by atoms with Crippen LogP contribution < -0.4 is 20.3 Å². The molecule has 0 aliphatic carbocycles. The second-order valence-electron chi connectivity index (χ2n) is 6.69. The SMILES string of the molecule is O=C1c2cnc(Nc3cnc4c(n3)CNCC4)nc2OCN1c1c(Cl)cccc1Cl. The van der Waals surface area contributed by atoms with Crippen molar-refractivity contribution in [3.8, 4) is 5.88 Å². The fourth-order valence-electron chi connectivity index (χ4n) is 3.32. The fraction of sp³-hybridized carbons (Fsp3) is 0.211. The molecule has 2 aliphatic rings. The molecule has 0 bridgehead atoms. The lowest BCUT2D eigenvalue weighted by molar-refractivity contribution is 0.0932. The highest BCUT2D eigenvalue weighted by Crippen LogP contribution is 2.37. The molecule has 0 atom stereocenters. The summed E-state index contributed by atoms with van der Waals surface area (Å²) in [4.78, 5) is 31.8. The molecule has 3 aromatic rings. The smallest absolute Gasteiger partial charge is 0.268 e. The lowest BCUT2D eigenvalue weighted by atomic mass is 10.2. The van der Waals surface area contributed by atoms with Crippen molar-refractivity contribution in [3.63, 3.8) is 0 Å². The highest BCUT2D eigenvalue weighted by molar-refractivity contribution is 6.40. The Hall–Kier alpha value is -3.01. The summed E-state index contributed by atoms with van der Waals surface area (Å²) in [6.45, 7) is 1.49. The molecule has 2 N–H and O–H groups in total. The quantitative estimate of drug-likeness (QED) is 0.636. The van der Waals surface area contributed by atoms with Crippen LogP contribution in [0, 0.1) is 0 Å².